The lowest BCUT2D eigenvalue weighted by Gasteiger charge is -2.36. The Bertz CT molecular complexity index is 1220. The summed E-state index contributed by atoms with van der Waals surface area (Å²) in [6, 6.07) is 20.9. The van der Waals surface area contributed by atoms with E-state index in [0.717, 1.165) is 33.4 Å². The molecule has 2 amide bonds. The first kappa shape index (κ1) is 18.7. The number of hydrogen-bond acceptors (Lipinski definition) is 1. The summed E-state index contributed by atoms with van der Waals surface area (Å²) in [5.41, 5.74) is 4.63. The van der Waals surface area contributed by atoms with E-state index in [1.165, 1.54) is 12.1 Å². The van der Waals surface area contributed by atoms with Crippen LogP contribution < -0.4 is 5.32 Å². The van der Waals surface area contributed by atoms with Crippen LogP contribution in [-0.4, -0.2) is 22.5 Å². The van der Waals surface area contributed by atoms with Crippen LogP contribution in [0.3, 0.4) is 0 Å². The molecule has 6 heteroatoms. The van der Waals surface area contributed by atoms with E-state index >= 15 is 0 Å². The molecule has 0 saturated heterocycles. The zero-order chi connectivity index (χ0) is 20.7. The summed E-state index contributed by atoms with van der Waals surface area (Å²) in [6.07, 6.45) is 0.704. The molecule has 0 unspecified atom stereocenters. The fraction of sp³-hybridized carbons (Fsp3) is 0.125. The van der Waals surface area contributed by atoms with Crippen molar-refractivity contribution in [3.8, 4) is 0 Å². The number of H-pyrrole nitrogens is 1. The number of aromatic amines is 1. The molecule has 4 nitrogen and oxygen atoms in total. The van der Waals surface area contributed by atoms with Gasteiger partial charge < -0.3 is 15.2 Å². The van der Waals surface area contributed by atoms with E-state index in [1.807, 2.05) is 48.5 Å². The first-order valence-electron chi connectivity index (χ1n) is 9.78. The van der Waals surface area contributed by atoms with Crippen LogP contribution in [0.4, 0.5) is 14.9 Å². The average molecular weight is 420 g/mol. The van der Waals surface area contributed by atoms with Gasteiger partial charge in [0, 0.05) is 33.9 Å². The Morgan fingerprint density at radius 2 is 1.83 bits per heavy atom. The van der Waals surface area contributed by atoms with Gasteiger partial charge in [-0.2, -0.15) is 0 Å². The first-order valence-corrected chi connectivity index (χ1v) is 10.2. The predicted molar refractivity (Wildman–Crippen MR) is 117 cm³/mol. The molecule has 0 spiro atoms. The summed E-state index contributed by atoms with van der Waals surface area (Å²) < 4.78 is 13.6. The number of anilines is 1. The number of hydrogen-bond donors (Lipinski definition) is 2. The van der Waals surface area contributed by atoms with E-state index in [1.54, 1.807) is 17.0 Å². The summed E-state index contributed by atoms with van der Waals surface area (Å²) >= 11 is 6.23. The largest absolute Gasteiger partial charge is 0.356 e. The van der Waals surface area contributed by atoms with Gasteiger partial charge in [0.05, 0.1) is 6.04 Å². The Labute approximate surface area is 178 Å². The number of nitrogens with one attached hydrogen (secondary N) is 2. The summed E-state index contributed by atoms with van der Waals surface area (Å²) in [5.74, 6) is -0.307. The van der Waals surface area contributed by atoms with Crippen LogP contribution in [0.5, 0.6) is 0 Å². The van der Waals surface area contributed by atoms with E-state index in [0.29, 0.717) is 18.0 Å². The Morgan fingerprint density at radius 1 is 1.07 bits per heavy atom. The number of amides is 2. The Balaban J connectivity index is 1.60. The summed E-state index contributed by atoms with van der Waals surface area (Å²) in [6.45, 7) is 0.535. The summed E-state index contributed by atoms with van der Waals surface area (Å²) in [4.78, 5) is 18.5. The fourth-order valence-electron chi connectivity index (χ4n) is 4.19. The number of fused-ring (bicyclic) bond motifs is 3. The fourth-order valence-corrected chi connectivity index (χ4v) is 4.36. The number of carbonyl (C=O) groups excluding carboxylic acids is 1. The molecule has 1 aliphatic rings. The second-order valence-electron chi connectivity index (χ2n) is 7.40. The molecule has 30 heavy (non-hydrogen) atoms. The van der Waals surface area contributed by atoms with Gasteiger partial charge in [0.1, 0.15) is 5.82 Å². The highest BCUT2D eigenvalue weighted by atomic mass is 35.5. The van der Waals surface area contributed by atoms with Crippen molar-refractivity contribution in [3.63, 3.8) is 0 Å². The number of halogens is 2. The second-order valence-corrected chi connectivity index (χ2v) is 7.84. The maximum absolute atomic E-state index is 13.6. The van der Waals surface area contributed by atoms with Crippen molar-refractivity contribution in [3.05, 3.63) is 100 Å². The minimum absolute atomic E-state index is 0.196. The number of benzene rings is 3. The molecule has 3 aromatic carbocycles. The normalized spacial score (nSPS) is 15.8. The standard InChI is InChI=1S/C24H19ClFN3O/c25-16-8-11-21-20(14-16)19-12-13-29(24(30)27-18-4-2-1-3-5-18)23(22(19)28-21)15-6-9-17(26)10-7-15/h1-11,14,23,28H,12-13H2,(H,27,30)/t23-/m0/s1. The van der Waals surface area contributed by atoms with Crippen molar-refractivity contribution in [2.24, 2.45) is 0 Å². The Hall–Kier alpha value is -3.31. The lowest BCUT2D eigenvalue weighted by molar-refractivity contribution is 0.193. The van der Waals surface area contributed by atoms with Gasteiger partial charge in [-0.25, -0.2) is 9.18 Å². The highest BCUT2D eigenvalue weighted by Gasteiger charge is 2.34. The van der Waals surface area contributed by atoms with E-state index in [4.69, 9.17) is 11.6 Å². The minimum atomic E-state index is -0.357. The third kappa shape index (κ3) is 3.31. The van der Waals surface area contributed by atoms with E-state index < -0.39 is 0 Å². The van der Waals surface area contributed by atoms with E-state index in [-0.39, 0.29) is 17.9 Å². The van der Waals surface area contributed by atoms with Crippen LogP contribution in [0.1, 0.15) is 22.9 Å². The van der Waals surface area contributed by atoms with Crippen molar-refractivity contribution < 1.29 is 9.18 Å². The molecule has 0 aliphatic carbocycles. The van der Waals surface area contributed by atoms with Gasteiger partial charge in [0.25, 0.3) is 0 Å². The third-order valence-corrected chi connectivity index (χ3v) is 5.80. The number of rotatable bonds is 2. The third-order valence-electron chi connectivity index (χ3n) is 5.56. The molecule has 150 valence electrons. The molecule has 2 N–H and O–H groups in total. The smallest absolute Gasteiger partial charge is 0.322 e. The Kier molecular flexibility index (Phi) is 4.68. The molecule has 0 bridgehead atoms. The maximum Gasteiger partial charge on any atom is 0.322 e. The molecule has 2 heterocycles. The molecule has 0 saturated carbocycles. The lowest BCUT2D eigenvalue weighted by atomic mass is 9.92. The first-order chi connectivity index (χ1) is 14.6. The number of para-hydroxylation sites is 1. The molecule has 5 rings (SSSR count). The molecule has 4 aromatic rings. The minimum Gasteiger partial charge on any atom is -0.356 e. The van der Waals surface area contributed by atoms with E-state index in [2.05, 4.69) is 10.3 Å². The number of urea groups is 1. The predicted octanol–water partition coefficient (Wildman–Crippen LogP) is 6.14. The lowest BCUT2D eigenvalue weighted by Crippen LogP contribution is -2.43. The molecule has 0 radical (unpaired) electrons. The van der Waals surface area contributed by atoms with Gasteiger partial charge >= 0.3 is 6.03 Å². The van der Waals surface area contributed by atoms with Gasteiger partial charge in [-0.1, -0.05) is 41.9 Å². The van der Waals surface area contributed by atoms with E-state index in [9.17, 15) is 9.18 Å². The van der Waals surface area contributed by atoms with Gasteiger partial charge in [-0.3, -0.25) is 0 Å². The molecular weight excluding hydrogens is 401 g/mol. The maximum atomic E-state index is 13.6. The van der Waals surface area contributed by atoms with Gasteiger partial charge in [-0.15, -0.1) is 0 Å². The SMILES string of the molecule is O=C(Nc1ccccc1)N1CCc2c([nH]c3ccc(Cl)cc23)[C@@H]1c1ccc(F)cc1. The monoisotopic (exact) mass is 419 g/mol. The van der Waals surface area contributed by atoms with Crippen molar-refractivity contribution in [1.82, 2.24) is 9.88 Å². The van der Waals surface area contributed by atoms with Gasteiger partial charge in [0.2, 0.25) is 0 Å². The quantitative estimate of drug-likeness (QED) is 0.402. The van der Waals surface area contributed by atoms with Crippen molar-refractivity contribution in [2.75, 3.05) is 11.9 Å². The zero-order valence-electron chi connectivity index (χ0n) is 16.0. The van der Waals surface area contributed by atoms with Crippen LogP contribution >= 0.6 is 11.6 Å². The van der Waals surface area contributed by atoms with Crippen LogP contribution in [0, 0.1) is 5.82 Å². The molecule has 1 aromatic heterocycles. The highest BCUT2D eigenvalue weighted by Crippen LogP contribution is 2.39. The number of nitrogens with zero attached hydrogens (tertiary/aromatic N) is 1. The average Bonchev–Trinajstić information content (AvgIpc) is 3.12. The van der Waals surface area contributed by atoms with Crippen molar-refractivity contribution >= 4 is 34.2 Å². The molecule has 1 aliphatic heterocycles. The summed E-state index contributed by atoms with van der Waals surface area (Å²) in [5, 5.41) is 4.71. The topological polar surface area (TPSA) is 48.1 Å². The molecule has 1 atom stereocenters. The van der Waals surface area contributed by atoms with Crippen LogP contribution in [0.25, 0.3) is 10.9 Å². The second kappa shape index (κ2) is 7.50. The van der Waals surface area contributed by atoms with Crippen LogP contribution in [-0.2, 0) is 6.42 Å². The zero-order valence-corrected chi connectivity index (χ0v) is 16.8. The van der Waals surface area contributed by atoms with Gasteiger partial charge in [-0.05, 0) is 60.0 Å². The number of aromatic nitrogens is 1. The molecular formula is C24H19ClFN3O. The Morgan fingerprint density at radius 3 is 2.60 bits per heavy atom. The van der Waals surface area contributed by atoms with Crippen LogP contribution in [0.15, 0.2) is 72.8 Å². The van der Waals surface area contributed by atoms with Crippen molar-refractivity contribution in [1.29, 1.82) is 0 Å². The van der Waals surface area contributed by atoms with Crippen LogP contribution in [0.2, 0.25) is 5.02 Å². The number of carbonyl (C=O) groups is 1. The summed E-state index contributed by atoms with van der Waals surface area (Å²) in [7, 11) is 0. The van der Waals surface area contributed by atoms with Gasteiger partial charge in [0.15, 0.2) is 0 Å². The van der Waals surface area contributed by atoms with Crippen molar-refractivity contribution in [2.45, 2.75) is 12.5 Å². The molecule has 0 fully saturated rings. The highest BCUT2D eigenvalue weighted by molar-refractivity contribution is 6.31.